The molecule has 0 aromatic rings. The smallest absolute Gasteiger partial charge is 0.0789 e. The van der Waals surface area contributed by atoms with Crippen molar-refractivity contribution < 1.29 is 10.2 Å². The zero-order valence-corrected chi connectivity index (χ0v) is 35.2. The summed E-state index contributed by atoms with van der Waals surface area (Å²) in [5.41, 5.74) is 5.78. The minimum absolute atomic E-state index is 0.232. The maximum absolute atomic E-state index is 10.4. The van der Waals surface area contributed by atoms with Crippen LogP contribution in [0.15, 0.2) is 48.6 Å². The molecule has 0 aliphatic rings. The molecule has 0 amide bonds. The number of nitrogens with zero attached hydrogens (tertiary/aromatic N) is 2. The minimum atomic E-state index is -0.440. The van der Waals surface area contributed by atoms with Gasteiger partial charge in [0, 0.05) is 19.6 Å². The number of aliphatic hydroxyl groups is 2. The van der Waals surface area contributed by atoms with Gasteiger partial charge in [-0.05, 0) is 122 Å². The Bertz CT molecular complexity index is 744. The molecule has 0 aromatic heterocycles. The molecule has 0 spiro atoms. The summed E-state index contributed by atoms with van der Waals surface area (Å²) >= 11 is 0. The van der Waals surface area contributed by atoms with Crippen LogP contribution in [0.1, 0.15) is 194 Å². The number of hydrogen-bond donors (Lipinski definition) is 3. The van der Waals surface area contributed by atoms with Crippen molar-refractivity contribution in [2.75, 3.05) is 45.8 Å². The first-order chi connectivity index (χ1) is 25.6. The third-order valence-electron chi connectivity index (χ3n) is 10.2. The molecule has 0 rings (SSSR count). The average molecular weight is 730 g/mol. The van der Waals surface area contributed by atoms with Crippen molar-refractivity contribution in [2.45, 2.75) is 206 Å². The molecule has 0 aliphatic carbocycles. The van der Waals surface area contributed by atoms with Gasteiger partial charge < -0.3 is 25.7 Å². The molecule has 5 heteroatoms. The Morgan fingerprint density at radius 3 is 1.06 bits per heavy atom. The first kappa shape index (κ1) is 50.8. The van der Waals surface area contributed by atoms with Gasteiger partial charge in [0.05, 0.1) is 12.2 Å². The lowest BCUT2D eigenvalue weighted by atomic mass is 10.1. The van der Waals surface area contributed by atoms with E-state index in [0.717, 1.165) is 64.8 Å². The van der Waals surface area contributed by atoms with Crippen LogP contribution in [0.3, 0.4) is 0 Å². The predicted molar refractivity (Wildman–Crippen MR) is 232 cm³/mol. The predicted octanol–water partition coefficient (Wildman–Crippen LogP) is 12.1. The lowest BCUT2D eigenvalue weighted by Crippen LogP contribution is -2.38. The molecule has 2 unspecified atom stereocenters. The molecule has 0 fully saturated rings. The highest BCUT2D eigenvalue weighted by atomic mass is 16.3. The van der Waals surface area contributed by atoms with Crippen LogP contribution < -0.4 is 5.73 Å². The topological polar surface area (TPSA) is 73.0 Å². The van der Waals surface area contributed by atoms with E-state index < -0.39 is 6.10 Å². The summed E-state index contributed by atoms with van der Waals surface area (Å²) in [5, 5.41) is 20.7. The van der Waals surface area contributed by atoms with Crippen molar-refractivity contribution >= 4 is 0 Å². The molecule has 306 valence electrons. The van der Waals surface area contributed by atoms with Crippen LogP contribution in [0.25, 0.3) is 0 Å². The number of hydrogen-bond acceptors (Lipinski definition) is 5. The number of nitrogens with two attached hydrogens (primary N) is 1. The van der Waals surface area contributed by atoms with Gasteiger partial charge in [-0.2, -0.15) is 0 Å². The van der Waals surface area contributed by atoms with Crippen molar-refractivity contribution in [3.05, 3.63) is 48.6 Å². The fourth-order valence-corrected chi connectivity index (χ4v) is 6.71. The summed E-state index contributed by atoms with van der Waals surface area (Å²) in [4.78, 5) is 4.94. The highest BCUT2D eigenvalue weighted by Gasteiger charge is 2.13. The number of allylic oxidation sites excluding steroid dienone is 8. The molecule has 4 N–H and O–H groups in total. The fraction of sp³-hybridized carbons (Fsp3) is 0.830. The largest absolute Gasteiger partial charge is 0.392 e. The van der Waals surface area contributed by atoms with Crippen molar-refractivity contribution in [3.8, 4) is 0 Å². The molecular weight excluding hydrogens is 639 g/mol. The van der Waals surface area contributed by atoms with Gasteiger partial charge in [0.2, 0.25) is 0 Å². The monoisotopic (exact) mass is 730 g/mol. The van der Waals surface area contributed by atoms with Crippen LogP contribution >= 0.6 is 0 Å². The molecule has 0 saturated carbocycles. The van der Waals surface area contributed by atoms with Gasteiger partial charge in [-0.25, -0.2) is 0 Å². The summed E-state index contributed by atoms with van der Waals surface area (Å²) in [6.07, 6.45) is 51.6. The quantitative estimate of drug-likeness (QED) is 0.0432. The lowest BCUT2D eigenvalue weighted by molar-refractivity contribution is 0.102. The Labute approximate surface area is 325 Å². The Kier molecular flexibility index (Phi) is 41.5. The lowest BCUT2D eigenvalue weighted by Gasteiger charge is -2.27. The molecular formula is C47H91N3O2. The molecule has 0 saturated heterocycles. The molecule has 0 bridgehead atoms. The second-order valence-corrected chi connectivity index (χ2v) is 15.4. The summed E-state index contributed by atoms with van der Waals surface area (Å²) in [5.74, 6) is 0. The van der Waals surface area contributed by atoms with E-state index in [1.807, 2.05) is 0 Å². The van der Waals surface area contributed by atoms with Crippen LogP contribution in [0, 0.1) is 0 Å². The molecule has 5 nitrogen and oxygen atoms in total. The van der Waals surface area contributed by atoms with Gasteiger partial charge in [-0.1, -0.05) is 146 Å². The van der Waals surface area contributed by atoms with E-state index >= 15 is 0 Å². The second kappa shape index (κ2) is 42.5. The standard InChI is InChI=1S/C47H91N3O2/c1-4-7-9-11-13-15-17-19-21-23-25-27-29-31-33-35-39-49(44-46(51)6-3)41-37-38-42-50(45-47(52)43-48)40-36-34-32-30-28-26-24-22-20-18-16-14-12-10-8-5-2/h13-16,19-22,46-47,51-52H,4-12,17-18,23-45,48H2,1-3H3/b15-13-,16-14-,21-19+,22-20+. The maximum Gasteiger partial charge on any atom is 0.0789 e. The Morgan fingerprint density at radius 2 is 0.712 bits per heavy atom. The van der Waals surface area contributed by atoms with E-state index in [1.165, 1.54) is 141 Å². The summed E-state index contributed by atoms with van der Waals surface area (Å²) in [6, 6.07) is 0. The SMILES string of the molecule is CCCCC/C=C\C/C=C/CCCCCCCCN(CCCCN(CCCCCCCC/C=C/C/C=C\CCCCC)CC(O)CN)CC(O)CC. The van der Waals surface area contributed by atoms with Gasteiger partial charge in [-0.3, -0.25) is 0 Å². The number of aliphatic hydroxyl groups excluding tert-OH is 2. The zero-order valence-electron chi connectivity index (χ0n) is 35.2. The molecule has 0 aromatic carbocycles. The zero-order chi connectivity index (χ0) is 38.0. The first-order valence-electron chi connectivity index (χ1n) is 22.7. The Hall–Kier alpha value is -1.24. The first-order valence-corrected chi connectivity index (χ1v) is 22.7. The summed E-state index contributed by atoms with van der Waals surface area (Å²) in [6.45, 7) is 12.6. The van der Waals surface area contributed by atoms with E-state index in [4.69, 9.17) is 5.73 Å². The van der Waals surface area contributed by atoms with Crippen LogP contribution in [0.5, 0.6) is 0 Å². The van der Waals surface area contributed by atoms with E-state index in [-0.39, 0.29) is 6.10 Å². The molecule has 52 heavy (non-hydrogen) atoms. The summed E-state index contributed by atoms with van der Waals surface area (Å²) in [7, 11) is 0. The van der Waals surface area contributed by atoms with E-state index in [2.05, 4.69) is 79.2 Å². The van der Waals surface area contributed by atoms with Gasteiger partial charge in [0.15, 0.2) is 0 Å². The molecule has 0 heterocycles. The van der Waals surface area contributed by atoms with E-state index in [9.17, 15) is 10.2 Å². The van der Waals surface area contributed by atoms with Gasteiger partial charge >= 0.3 is 0 Å². The maximum atomic E-state index is 10.4. The minimum Gasteiger partial charge on any atom is -0.392 e. The van der Waals surface area contributed by atoms with Crippen LogP contribution in [-0.4, -0.2) is 78.0 Å². The van der Waals surface area contributed by atoms with Gasteiger partial charge in [0.25, 0.3) is 0 Å². The van der Waals surface area contributed by atoms with Crippen molar-refractivity contribution in [3.63, 3.8) is 0 Å². The van der Waals surface area contributed by atoms with Crippen molar-refractivity contribution in [2.24, 2.45) is 5.73 Å². The van der Waals surface area contributed by atoms with Crippen molar-refractivity contribution in [1.29, 1.82) is 0 Å². The van der Waals surface area contributed by atoms with Crippen LogP contribution in [-0.2, 0) is 0 Å². The van der Waals surface area contributed by atoms with E-state index in [0.29, 0.717) is 13.1 Å². The van der Waals surface area contributed by atoms with E-state index in [1.54, 1.807) is 0 Å². The van der Waals surface area contributed by atoms with Crippen LogP contribution in [0.4, 0.5) is 0 Å². The highest BCUT2D eigenvalue weighted by molar-refractivity contribution is 4.93. The summed E-state index contributed by atoms with van der Waals surface area (Å²) < 4.78 is 0. The second-order valence-electron chi connectivity index (χ2n) is 15.4. The number of unbranched alkanes of at least 4 members (excludes halogenated alkanes) is 19. The fourth-order valence-electron chi connectivity index (χ4n) is 6.71. The van der Waals surface area contributed by atoms with Gasteiger partial charge in [0.1, 0.15) is 0 Å². The Balaban J connectivity index is 4.13. The third-order valence-corrected chi connectivity index (χ3v) is 10.2. The molecule has 0 radical (unpaired) electrons. The Morgan fingerprint density at radius 1 is 0.404 bits per heavy atom. The highest BCUT2D eigenvalue weighted by Crippen LogP contribution is 2.12. The van der Waals surface area contributed by atoms with Crippen molar-refractivity contribution in [1.82, 2.24) is 9.80 Å². The number of rotatable bonds is 41. The molecule has 2 atom stereocenters. The average Bonchev–Trinajstić information content (AvgIpc) is 3.15. The van der Waals surface area contributed by atoms with Crippen LogP contribution in [0.2, 0.25) is 0 Å². The normalized spacial score (nSPS) is 13.8. The third kappa shape index (κ3) is 38.5. The van der Waals surface area contributed by atoms with Gasteiger partial charge in [-0.15, -0.1) is 0 Å². The molecule has 0 aliphatic heterocycles.